The first-order chi connectivity index (χ1) is 15.9. The highest BCUT2D eigenvalue weighted by Crippen LogP contribution is 2.34. The van der Waals surface area contributed by atoms with Crippen molar-refractivity contribution in [3.8, 4) is 5.75 Å². The Morgan fingerprint density at radius 3 is 2.39 bits per heavy atom. The number of fused-ring (bicyclic) bond motifs is 1. The standard InChI is InChI=1S/C26H28Cl2N2O3/c1-17(26(32)20-5-9-22-19(15-20)6-10-24(33-2)25(22)28)30-13-11-29(12-14-30)16-23(31)18-3-7-21(27)8-4-18/h3-10,15,17,26,32H,11-14,16H2,1-2H3. The second-order valence-corrected chi connectivity index (χ2v) is 9.30. The molecule has 2 unspecified atom stereocenters. The summed E-state index contributed by atoms with van der Waals surface area (Å²) in [6, 6.07) is 16.6. The molecule has 1 heterocycles. The molecule has 7 heteroatoms. The number of aliphatic hydroxyl groups is 1. The van der Waals surface area contributed by atoms with Crippen molar-refractivity contribution in [2.75, 3.05) is 39.8 Å². The molecule has 3 aromatic rings. The number of ketones is 1. The van der Waals surface area contributed by atoms with Gasteiger partial charge in [0.25, 0.3) is 0 Å². The molecule has 1 aliphatic rings. The number of hydrogen-bond donors (Lipinski definition) is 1. The normalized spacial score (nSPS) is 17.1. The zero-order valence-corrected chi connectivity index (χ0v) is 20.3. The van der Waals surface area contributed by atoms with Crippen molar-refractivity contribution < 1.29 is 14.6 Å². The van der Waals surface area contributed by atoms with Crippen LogP contribution in [0.2, 0.25) is 10.0 Å². The minimum absolute atomic E-state index is 0.0507. The maximum Gasteiger partial charge on any atom is 0.176 e. The van der Waals surface area contributed by atoms with Gasteiger partial charge < -0.3 is 9.84 Å². The second-order valence-electron chi connectivity index (χ2n) is 8.49. The molecule has 33 heavy (non-hydrogen) atoms. The van der Waals surface area contributed by atoms with E-state index < -0.39 is 6.10 Å². The summed E-state index contributed by atoms with van der Waals surface area (Å²) in [4.78, 5) is 17.0. The van der Waals surface area contributed by atoms with E-state index in [1.807, 2.05) is 37.3 Å². The first-order valence-electron chi connectivity index (χ1n) is 11.1. The lowest BCUT2D eigenvalue weighted by atomic mass is 9.98. The Hall–Kier alpha value is -2.15. The minimum atomic E-state index is -0.627. The summed E-state index contributed by atoms with van der Waals surface area (Å²) < 4.78 is 5.29. The third-order valence-corrected chi connectivity index (χ3v) is 7.12. The highest BCUT2D eigenvalue weighted by Gasteiger charge is 2.27. The van der Waals surface area contributed by atoms with Gasteiger partial charge in [-0.1, -0.05) is 41.4 Å². The van der Waals surface area contributed by atoms with Gasteiger partial charge in [-0.2, -0.15) is 0 Å². The molecule has 0 radical (unpaired) electrons. The Labute approximate surface area is 204 Å². The van der Waals surface area contributed by atoms with E-state index in [4.69, 9.17) is 27.9 Å². The number of ether oxygens (including phenoxy) is 1. The number of halogens is 2. The number of carbonyl (C=O) groups excluding carboxylic acids is 1. The van der Waals surface area contributed by atoms with Crippen LogP contribution in [0.25, 0.3) is 10.8 Å². The van der Waals surface area contributed by atoms with Gasteiger partial charge in [-0.05, 0) is 54.3 Å². The zero-order valence-electron chi connectivity index (χ0n) is 18.8. The van der Waals surface area contributed by atoms with E-state index in [0.717, 1.165) is 42.5 Å². The summed E-state index contributed by atoms with van der Waals surface area (Å²) in [5.41, 5.74) is 1.54. The number of carbonyl (C=O) groups is 1. The van der Waals surface area contributed by atoms with Gasteiger partial charge in [-0.25, -0.2) is 0 Å². The van der Waals surface area contributed by atoms with Crippen LogP contribution in [0.15, 0.2) is 54.6 Å². The van der Waals surface area contributed by atoms with Gasteiger partial charge in [-0.3, -0.25) is 14.6 Å². The van der Waals surface area contributed by atoms with Crippen molar-refractivity contribution in [2.24, 2.45) is 0 Å². The fourth-order valence-corrected chi connectivity index (χ4v) is 4.81. The van der Waals surface area contributed by atoms with Crippen molar-refractivity contribution in [3.05, 3.63) is 75.8 Å². The smallest absolute Gasteiger partial charge is 0.176 e. The molecule has 3 aromatic carbocycles. The second kappa shape index (κ2) is 10.4. The Morgan fingerprint density at radius 1 is 1.03 bits per heavy atom. The molecule has 5 nitrogen and oxygen atoms in total. The van der Waals surface area contributed by atoms with Crippen molar-refractivity contribution in [1.29, 1.82) is 0 Å². The lowest BCUT2D eigenvalue weighted by Crippen LogP contribution is -2.52. The molecular formula is C26H28Cl2N2O3. The predicted molar refractivity (Wildman–Crippen MR) is 134 cm³/mol. The number of benzene rings is 3. The van der Waals surface area contributed by atoms with Gasteiger partial charge in [0.05, 0.1) is 24.8 Å². The topological polar surface area (TPSA) is 53.0 Å². The van der Waals surface area contributed by atoms with Crippen LogP contribution in [0.1, 0.15) is 28.9 Å². The number of rotatable bonds is 7. The number of nitrogens with zero attached hydrogens (tertiary/aromatic N) is 2. The largest absolute Gasteiger partial charge is 0.495 e. The Bertz CT molecular complexity index is 1130. The average molecular weight is 487 g/mol. The van der Waals surface area contributed by atoms with Gasteiger partial charge in [0.1, 0.15) is 5.75 Å². The molecule has 0 saturated carbocycles. The van der Waals surface area contributed by atoms with Crippen molar-refractivity contribution in [2.45, 2.75) is 19.1 Å². The number of hydrogen-bond acceptors (Lipinski definition) is 5. The molecule has 0 amide bonds. The highest BCUT2D eigenvalue weighted by molar-refractivity contribution is 6.37. The van der Waals surface area contributed by atoms with E-state index in [1.165, 1.54) is 0 Å². The van der Waals surface area contributed by atoms with Gasteiger partial charge in [0.2, 0.25) is 0 Å². The molecule has 0 aromatic heterocycles. The third-order valence-electron chi connectivity index (χ3n) is 6.48. The fourth-order valence-electron chi connectivity index (χ4n) is 4.37. The summed E-state index contributed by atoms with van der Waals surface area (Å²) in [6.45, 7) is 5.59. The quantitative estimate of drug-likeness (QED) is 0.472. The van der Waals surface area contributed by atoms with E-state index in [1.54, 1.807) is 31.4 Å². The summed E-state index contributed by atoms with van der Waals surface area (Å²) in [6.07, 6.45) is -0.627. The summed E-state index contributed by atoms with van der Waals surface area (Å²) >= 11 is 12.3. The third kappa shape index (κ3) is 5.34. The Balaban J connectivity index is 1.36. The molecule has 174 valence electrons. The van der Waals surface area contributed by atoms with Crippen molar-refractivity contribution in [3.63, 3.8) is 0 Å². The van der Waals surface area contributed by atoms with Crippen LogP contribution in [-0.2, 0) is 0 Å². The zero-order chi connectivity index (χ0) is 23.5. The van der Waals surface area contributed by atoms with Crippen LogP contribution in [-0.4, -0.2) is 66.6 Å². The van der Waals surface area contributed by atoms with Crippen LogP contribution >= 0.6 is 23.2 Å². The molecular weight excluding hydrogens is 459 g/mol. The molecule has 1 N–H and O–H groups in total. The Morgan fingerprint density at radius 2 is 1.73 bits per heavy atom. The average Bonchev–Trinajstić information content (AvgIpc) is 2.84. The summed E-state index contributed by atoms with van der Waals surface area (Å²) in [5, 5.41) is 14.1. The first kappa shape index (κ1) is 24.0. The molecule has 1 fully saturated rings. The van der Waals surface area contributed by atoms with Crippen LogP contribution in [0.3, 0.4) is 0 Å². The van der Waals surface area contributed by atoms with E-state index in [-0.39, 0.29) is 11.8 Å². The minimum Gasteiger partial charge on any atom is -0.495 e. The van der Waals surface area contributed by atoms with Crippen molar-refractivity contribution >= 4 is 39.8 Å². The van der Waals surface area contributed by atoms with Gasteiger partial charge >= 0.3 is 0 Å². The van der Waals surface area contributed by atoms with Gasteiger partial charge in [0, 0.05) is 48.2 Å². The van der Waals surface area contributed by atoms with Crippen LogP contribution in [0.4, 0.5) is 0 Å². The lowest BCUT2D eigenvalue weighted by Gasteiger charge is -2.39. The molecule has 0 bridgehead atoms. The maximum absolute atomic E-state index is 12.5. The molecule has 4 rings (SSSR count). The first-order valence-corrected chi connectivity index (χ1v) is 11.8. The molecule has 1 saturated heterocycles. The van der Waals surface area contributed by atoms with E-state index in [0.29, 0.717) is 27.9 Å². The SMILES string of the molecule is COc1ccc2cc(C(O)C(C)N3CCN(CC(=O)c4ccc(Cl)cc4)CC3)ccc2c1Cl. The fraction of sp³-hybridized carbons (Fsp3) is 0.346. The predicted octanol–water partition coefficient (Wildman–Crippen LogP) is 5.08. The Kier molecular flexibility index (Phi) is 7.57. The number of Topliss-reactive ketones (excluding diaryl/α,β-unsaturated/α-hetero) is 1. The maximum atomic E-state index is 12.5. The molecule has 0 spiro atoms. The monoisotopic (exact) mass is 486 g/mol. The molecule has 0 aliphatic carbocycles. The van der Waals surface area contributed by atoms with E-state index in [2.05, 4.69) is 9.80 Å². The van der Waals surface area contributed by atoms with Gasteiger partial charge in [-0.15, -0.1) is 0 Å². The van der Waals surface area contributed by atoms with E-state index in [9.17, 15) is 9.90 Å². The van der Waals surface area contributed by atoms with Gasteiger partial charge in [0.15, 0.2) is 5.78 Å². The van der Waals surface area contributed by atoms with Crippen LogP contribution < -0.4 is 4.74 Å². The molecule has 1 aliphatic heterocycles. The van der Waals surface area contributed by atoms with Crippen molar-refractivity contribution in [1.82, 2.24) is 9.80 Å². The number of piperazine rings is 1. The van der Waals surface area contributed by atoms with Crippen LogP contribution in [0.5, 0.6) is 5.75 Å². The molecule has 2 atom stereocenters. The number of aliphatic hydroxyl groups excluding tert-OH is 1. The van der Waals surface area contributed by atoms with Crippen LogP contribution in [0, 0.1) is 0 Å². The van der Waals surface area contributed by atoms with E-state index >= 15 is 0 Å². The summed E-state index contributed by atoms with van der Waals surface area (Å²) in [5.74, 6) is 0.734. The number of methoxy groups -OCH3 is 1. The lowest BCUT2D eigenvalue weighted by molar-refractivity contribution is 0.0263. The summed E-state index contributed by atoms with van der Waals surface area (Å²) in [7, 11) is 1.60. The highest BCUT2D eigenvalue weighted by atomic mass is 35.5.